The van der Waals surface area contributed by atoms with Crippen molar-refractivity contribution in [1.82, 2.24) is 10.3 Å². The number of thiazole rings is 1. The van der Waals surface area contributed by atoms with Gasteiger partial charge < -0.3 is 10.1 Å². The van der Waals surface area contributed by atoms with Crippen molar-refractivity contribution in [2.75, 3.05) is 13.2 Å². The van der Waals surface area contributed by atoms with Gasteiger partial charge in [0.25, 0.3) is 0 Å². The van der Waals surface area contributed by atoms with Crippen LogP contribution in [0, 0.1) is 5.92 Å². The zero-order valence-electron chi connectivity index (χ0n) is 11.6. The molecule has 0 unspecified atom stereocenters. The van der Waals surface area contributed by atoms with Gasteiger partial charge >= 0.3 is 5.97 Å². The molecule has 18 heavy (non-hydrogen) atoms. The van der Waals surface area contributed by atoms with Crippen LogP contribution in [0.1, 0.15) is 48.1 Å². The van der Waals surface area contributed by atoms with Gasteiger partial charge in [0.1, 0.15) is 9.88 Å². The van der Waals surface area contributed by atoms with Crippen molar-refractivity contribution < 1.29 is 9.53 Å². The highest BCUT2D eigenvalue weighted by Crippen LogP contribution is 2.22. The second kappa shape index (κ2) is 7.48. The summed E-state index contributed by atoms with van der Waals surface area (Å²) in [6.45, 7) is 10.1. The molecular formula is C13H22N2O2S. The zero-order chi connectivity index (χ0) is 13.5. The number of esters is 1. The summed E-state index contributed by atoms with van der Waals surface area (Å²) in [7, 11) is 0. The Morgan fingerprint density at radius 3 is 2.72 bits per heavy atom. The van der Waals surface area contributed by atoms with E-state index in [9.17, 15) is 4.79 Å². The van der Waals surface area contributed by atoms with Crippen molar-refractivity contribution >= 4 is 17.3 Å². The molecule has 1 N–H and O–H groups in total. The molecule has 102 valence electrons. The molecule has 0 amide bonds. The first kappa shape index (κ1) is 15.1. The van der Waals surface area contributed by atoms with Gasteiger partial charge in [-0.3, -0.25) is 0 Å². The van der Waals surface area contributed by atoms with Gasteiger partial charge in [-0.1, -0.05) is 20.8 Å². The van der Waals surface area contributed by atoms with Crippen molar-refractivity contribution in [3.05, 3.63) is 15.6 Å². The normalized spacial score (nSPS) is 10.9. The van der Waals surface area contributed by atoms with Gasteiger partial charge in [0.2, 0.25) is 0 Å². The maximum absolute atomic E-state index is 11.9. The summed E-state index contributed by atoms with van der Waals surface area (Å²) in [4.78, 5) is 17.1. The molecule has 1 aromatic heterocycles. The van der Waals surface area contributed by atoms with Gasteiger partial charge in [0, 0.05) is 6.54 Å². The minimum Gasteiger partial charge on any atom is -0.462 e. The summed E-state index contributed by atoms with van der Waals surface area (Å²) in [5.41, 5.74) is 0.876. The minimum atomic E-state index is -0.242. The third kappa shape index (κ3) is 4.38. The van der Waals surface area contributed by atoms with Crippen LogP contribution < -0.4 is 5.32 Å². The molecule has 0 aliphatic rings. The Labute approximate surface area is 113 Å². The van der Waals surface area contributed by atoms with Crippen molar-refractivity contribution in [1.29, 1.82) is 0 Å². The Kier molecular flexibility index (Phi) is 6.29. The van der Waals surface area contributed by atoms with E-state index in [2.05, 4.69) is 31.1 Å². The van der Waals surface area contributed by atoms with Gasteiger partial charge in [0.05, 0.1) is 12.3 Å². The quantitative estimate of drug-likeness (QED) is 0.774. The number of nitrogens with one attached hydrogen (secondary N) is 1. The van der Waals surface area contributed by atoms with Gasteiger partial charge in [-0.05, 0) is 25.8 Å². The number of rotatable bonds is 7. The van der Waals surface area contributed by atoms with E-state index in [0.29, 0.717) is 23.9 Å². The average molecular weight is 270 g/mol. The highest BCUT2D eigenvalue weighted by molar-refractivity contribution is 7.13. The van der Waals surface area contributed by atoms with Gasteiger partial charge in [-0.15, -0.1) is 11.3 Å². The molecule has 0 aliphatic carbocycles. The van der Waals surface area contributed by atoms with E-state index >= 15 is 0 Å². The molecule has 1 aromatic rings. The fourth-order valence-electron chi connectivity index (χ4n) is 1.59. The number of aromatic nitrogens is 1. The minimum absolute atomic E-state index is 0.242. The lowest BCUT2D eigenvalue weighted by atomic mass is 10.1. The molecule has 0 aliphatic heterocycles. The van der Waals surface area contributed by atoms with E-state index in [-0.39, 0.29) is 5.97 Å². The largest absolute Gasteiger partial charge is 0.462 e. The number of hydrogen-bond acceptors (Lipinski definition) is 5. The topological polar surface area (TPSA) is 51.2 Å². The van der Waals surface area contributed by atoms with E-state index in [1.54, 1.807) is 0 Å². The maximum Gasteiger partial charge on any atom is 0.350 e. The fraction of sp³-hybridized carbons (Fsp3) is 0.692. The first-order valence-electron chi connectivity index (χ1n) is 6.44. The summed E-state index contributed by atoms with van der Waals surface area (Å²) in [5.74, 6) is 0.237. The standard InChI is InChI=1S/C13H22N2O2S/c1-5-14-8-11-15-10(7-9(3)4)12(18-11)13(16)17-6-2/h9,14H,5-8H2,1-4H3. The molecule has 1 rings (SSSR count). The van der Waals surface area contributed by atoms with E-state index in [4.69, 9.17) is 4.74 Å². The summed E-state index contributed by atoms with van der Waals surface area (Å²) in [6.07, 6.45) is 0.816. The molecule has 4 nitrogen and oxygen atoms in total. The Bertz CT molecular complexity index is 388. The predicted octanol–water partition coefficient (Wildman–Crippen LogP) is 2.63. The molecule has 0 aromatic carbocycles. The highest BCUT2D eigenvalue weighted by atomic mass is 32.1. The molecule has 0 atom stereocenters. The molecule has 0 saturated carbocycles. The number of hydrogen-bond donors (Lipinski definition) is 1. The van der Waals surface area contributed by atoms with Crippen LogP contribution in [-0.4, -0.2) is 24.1 Å². The van der Waals surface area contributed by atoms with Crippen molar-refractivity contribution in [2.45, 2.75) is 40.7 Å². The third-order valence-corrected chi connectivity index (χ3v) is 3.41. The third-order valence-electron chi connectivity index (χ3n) is 2.33. The monoisotopic (exact) mass is 270 g/mol. The maximum atomic E-state index is 11.9. The molecule has 5 heteroatoms. The predicted molar refractivity (Wildman–Crippen MR) is 74.0 cm³/mol. The molecule has 0 spiro atoms. The van der Waals surface area contributed by atoms with Crippen LogP contribution in [0.15, 0.2) is 0 Å². The Hall–Kier alpha value is -0.940. The molecule has 0 fully saturated rings. The van der Waals surface area contributed by atoms with Gasteiger partial charge in [0.15, 0.2) is 0 Å². The van der Waals surface area contributed by atoms with E-state index < -0.39 is 0 Å². The van der Waals surface area contributed by atoms with Crippen molar-refractivity contribution in [3.63, 3.8) is 0 Å². The van der Waals surface area contributed by atoms with Gasteiger partial charge in [-0.25, -0.2) is 9.78 Å². The number of carbonyl (C=O) groups is 1. The average Bonchev–Trinajstić information content (AvgIpc) is 2.69. The summed E-state index contributed by atoms with van der Waals surface area (Å²) < 4.78 is 5.08. The molecule has 0 bridgehead atoms. The molecule has 1 heterocycles. The zero-order valence-corrected chi connectivity index (χ0v) is 12.4. The summed E-state index contributed by atoms with van der Waals surface area (Å²) in [5, 5.41) is 4.18. The van der Waals surface area contributed by atoms with Crippen molar-refractivity contribution in [2.24, 2.45) is 5.92 Å². The Balaban J connectivity index is 2.89. The SMILES string of the molecule is CCNCc1nc(CC(C)C)c(C(=O)OCC)s1. The Morgan fingerprint density at radius 2 is 2.17 bits per heavy atom. The lowest BCUT2D eigenvalue weighted by molar-refractivity contribution is 0.0530. The van der Waals surface area contributed by atoms with E-state index in [1.807, 2.05) is 6.92 Å². The lowest BCUT2D eigenvalue weighted by Gasteiger charge is -2.04. The highest BCUT2D eigenvalue weighted by Gasteiger charge is 2.19. The van der Waals surface area contributed by atoms with Crippen LogP contribution in [-0.2, 0) is 17.7 Å². The number of ether oxygens (including phenoxy) is 1. The van der Waals surface area contributed by atoms with Crippen LogP contribution in [0.2, 0.25) is 0 Å². The number of carbonyl (C=O) groups excluding carboxylic acids is 1. The molecule has 0 saturated heterocycles. The van der Waals surface area contributed by atoms with Crippen LogP contribution in [0.5, 0.6) is 0 Å². The fourth-order valence-corrected chi connectivity index (χ4v) is 2.54. The lowest BCUT2D eigenvalue weighted by Crippen LogP contribution is -2.11. The van der Waals surface area contributed by atoms with Crippen molar-refractivity contribution in [3.8, 4) is 0 Å². The summed E-state index contributed by atoms with van der Waals surface area (Å²) >= 11 is 1.44. The number of nitrogens with zero attached hydrogens (tertiary/aromatic N) is 1. The molecule has 0 radical (unpaired) electrons. The van der Waals surface area contributed by atoms with Crippen LogP contribution in [0.3, 0.4) is 0 Å². The first-order valence-corrected chi connectivity index (χ1v) is 7.26. The Morgan fingerprint density at radius 1 is 1.44 bits per heavy atom. The van der Waals surface area contributed by atoms with E-state index in [1.165, 1.54) is 11.3 Å². The van der Waals surface area contributed by atoms with E-state index in [0.717, 1.165) is 23.7 Å². The second-order valence-corrected chi connectivity index (χ2v) is 5.57. The summed E-state index contributed by atoms with van der Waals surface area (Å²) in [6, 6.07) is 0. The second-order valence-electron chi connectivity index (χ2n) is 4.48. The smallest absolute Gasteiger partial charge is 0.350 e. The molecular weight excluding hydrogens is 248 g/mol. The van der Waals surface area contributed by atoms with Gasteiger partial charge in [-0.2, -0.15) is 0 Å². The van der Waals surface area contributed by atoms with Crippen LogP contribution >= 0.6 is 11.3 Å². The van der Waals surface area contributed by atoms with Crippen LogP contribution in [0.4, 0.5) is 0 Å². The van der Waals surface area contributed by atoms with Crippen LogP contribution in [0.25, 0.3) is 0 Å². The first-order chi connectivity index (χ1) is 8.58.